The summed E-state index contributed by atoms with van der Waals surface area (Å²) < 4.78 is 35.8. The molecule has 0 bridgehead atoms. The van der Waals surface area contributed by atoms with Gasteiger partial charge in [-0.05, 0) is 146 Å². The lowest BCUT2D eigenvalue weighted by Crippen LogP contribution is -2.54. The van der Waals surface area contributed by atoms with Gasteiger partial charge in [-0.1, -0.05) is 38.1 Å². The van der Waals surface area contributed by atoms with Crippen LogP contribution in [-0.4, -0.2) is 82.0 Å². The van der Waals surface area contributed by atoms with Crippen LogP contribution >= 0.6 is 0 Å². The van der Waals surface area contributed by atoms with Crippen LogP contribution in [0.15, 0.2) is 84.1 Å². The van der Waals surface area contributed by atoms with Gasteiger partial charge in [0, 0.05) is 61.1 Å². The number of amides is 1. The first-order valence-electron chi connectivity index (χ1n) is 22.7. The first-order chi connectivity index (χ1) is 30.7. The zero-order valence-corrected chi connectivity index (χ0v) is 37.6. The van der Waals surface area contributed by atoms with Crippen LogP contribution in [-0.2, 0) is 10.0 Å². The molecule has 0 radical (unpaired) electrons. The van der Waals surface area contributed by atoms with Gasteiger partial charge in [-0.25, -0.2) is 9.71 Å². The number of likely N-dealkylation sites (tertiary alicyclic amines) is 1. The Bertz CT molecular complexity index is 2640. The van der Waals surface area contributed by atoms with Crippen molar-refractivity contribution in [2.45, 2.75) is 114 Å². The third-order valence-corrected chi connectivity index (χ3v) is 15.6. The molecule has 2 aromatic carbocycles. The summed E-state index contributed by atoms with van der Waals surface area (Å²) in [6, 6.07) is 21.2. The molecular weight excluding hydrogens is 833 g/mol. The van der Waals surface area contributed by atoms with E-state index in [1.807, 2.05) is 12.1 Å². The number of nitrogens with zero attached hydrogens (tertiary/aromatic N) is 5. The smallest absolute Gasteiger partial charge is 0.388 e. The van der Waals surface area contributed by atoms with Crippen molar-refractivity contribution in [1.82, 2.24) is 24.6 Å². The summed E-state index contributed by atoms with van der Waals surface area (Å²) in [5, 5.41) is 25.6. The standard InChI is InChI=1S/C48H58N8O7S/c1-31(2)37-7-4-5-8-38(37)41-9-6-22-55(41)35-27-48(28-35)19-23-54(24-20-48)34-10-11-39(42(26-34)63-36-25-33-16-21-49-44(33)51-30-36)46(57)53-64(61,62)43-13-12-40(45(52-43)56(59)60)50-29-32-14-17-47(3,58)18-15-32/h4-5,7-8,10-13,16,21,25-26,30-32,35,41,50,58H,6,9,14-15,17-20,22-24,27-29H2,1-3H3,(H,49,51)(H,53,57)/t32?,41-,47?/m0/s1. The zero-order valence-electron chi connectivity index (χ0n) is 36.8. The number of rotatable bonds is 13. The largest absolute Gasteiger partial charge is 0.455 e. The van der Waals surface area contributed by atoms with Gasteiger partial charge in [0.2, 0.25) is 0 Å². The molecule has 15 nitrogen and oxygen atoms in total. The van der Waals surface area contributed by atoms with E-state index in [0.717, 1.165) is 62.5 Å². The summed E-state index contributed by atoms with van der Waals surface area (Å²) in [6.45, 7) is 9.59. The molecule has 338 valence electrons. The number of anilines is 2. The third-order valence-electron chi connectivity index (χ3n) is 14.4. The molecule has 3 aromatic heterocycles. The van der Waals surface area contributed by atoms with Gasteiger partial charge in [0.25, 0.3) is 10.9 Å². The molecule has 4 fully saturated rings. The van der Waals surface area contributed by atoms with Gasteiger partial charge in [-0.2, -0.15) is 8.42 Å². The predicted molar refractivity (Wildman–Crippen MR) is 245 cm³/mol. The first kappa shape index (κ1) is 43.7. The number of ether oxygens (including phenoxy) is 1. The highest BCUT2D eigenvalue weighted by Crippen LogP contribution is 2.54. The van der Waals surface area contributed by atoms with Gasteiger partial charge in [0.05, 0.1) is 17.4 Å². The van der Waals surface area contributed by atoms with E-state index in [4.69, 9.17) is 4.74 Å². The van der Waals surface area contributed by atoms with Gasteiger partial charge in [0.15, 0.2) is 0 Å². The number of carbonyl (C=O) groups excluding carboxylic acids is 1. The molecule has 2 aliphatic carbocycles. The Balaban J connectivity index is 0.895. The molecule has 2 saturated heterocycles. The number of hydrogen-bond acceptors (Lipinski definition) is 12. The average molecular weight is 891 g/mol. The first-order valence-corrected chi connectivity index (χ1v) is 24.2. The molecule has 9 rings (SSSR count). The number of sulfonamides is 1. The van der Waals surface area contributed by atoms with E-state index in [0.29, 0.717) is 54.2 Å². The van der Waals surface area contributed by atoms with Gasteiger partial charge in [-0.15, -0.1) is 0 Å². The minimum absolute atomic E-state index is 0.0461. The Morgan fingerprint density at radius 2 is 1.78 bits per heavy atom. The second kappa shape index (κ2) is 17.4. The minimum Gasteiger partial charge on any atom is -0.455 e. The quantitative estimate of drug-likeness (QED) is 0.0649. The fourth-order valence-electron chi connectivity index (χ4n) is 10.6. The van der Waals surface area contributed by atoms with Crippen LogP contribution in [0.3, 0.4) is 0 Å². The minimum atomic E-state index is -4.67. The molecule has 1 spiro atoms. The van der Waals surface area contributed by atoms with E-state index in [1.54, 1.807) is 31.3 Å². The van der Waals surface area contributed by atoms with Crippen molar-refractivity contribution >= 4 is 44.2 Å². The number of aromatic nitrogens is 3. The monoisotopic (exact) mass is 890 g/mol. The molecule has 5 aromatic rings. The maximum Gasteiger partial charge on any atom is 0.388 e. The topological polar surface area (TPSA) is 196 Å². The summed E-state index contributed by atoms with van der Waals surface area (Å²) in [6.07, 6.45) is 13.0. The number of H-pyrrole nitrogens is 1. The normalized spacial score (nSPS) is 22.7. The molecule has 16 heteroatoms. The van der Waals surface area contributed by atoms with E-state index in [-0.39, 0.29) is 22.9 Å². The van der Waals surface area contributed by atoms with Gasteiger partial charge in [0.1, 0.15) is 22.8 Å². The summed E-state index contributed by atoms with van der Waals surface area (Å²) in [5.74, 6) is -0.491. The lowest BCUT2D eigenvalue weighted by molar-refractivity contribution is -0.389. The Morgan fingerprint density at radius 3 is 2.53 bits per heavy atom. The molecule has 0 unspecified atom stereocenters. The Hall–Kier alpha value is -5.58. The SMILES string of the molecule is CC(C)c1ccccc1[C@@H]1CCCN1C1CC2(CCN(c3ccc(C(=O)NS(=O)(=O)c4ccc(NCC5CCC(C)(O)CC5)c([N+](=O)[O-])n4)c(Oc4cnc5[nH]ccc5c4)c3)CC2)C1. The molecule has 5 heterocycles. The molecule has 2 saturated carbocycles. The third kappa shape index (κ3) is 9.04. The molecule has 4 N–H and O–H groups in total. The summed E-state index contributed by atoms with van der Waals surface area (Å²) in [5.41, 5.74) is 4.06. The molecular formula is C48H58N8O7S. The number of pyridine rings is 2. The van der Waals surface area contributed by atoms with Crippen molar-refractivity contribution in [3.05, 3.63) is 106 Å². The number of aliphatic hydroxyl groups is 1. The van der Waals surface area contributed by atoms with Crippen molar-refractivity contribution in [2.24, 2.45) is 11.3 Å². The number of aromatic amines is 1. The van der Waals surface area contributed by atoms with Crippen molar-refractivity contribution in [2.75, 3.05) is 36.4 Å². The molecule has 1 atom stereocenters. The van der Waals surface area contributed by atoms with Gasteiger partial charge in [-0.3, -0.25) is 9.69 Å². The van der Waals surface area contributed by atoms with Crippen molar-refractivity contribution in [3.8, 4) is 11.5 Å². The average Bonchev–Trinajstić information content (AvgIpc) is 3.95. The Morgan fingerprint density at radius 1 is 1.02 bits per heavy atom. The molecule has 1 amide bonds. The summed E-state index contributed by atoms with van der Waals surface area (Å²) >= 11 is 0. The number of piperidine rings is 1. The molecule has 4 aliphatic rings. The fraction of sp³-hybridized carbons (Fsp3) is 0.479. The highest BCUT2D eigenvalue weighted by molar-refractivity contribution is 7.90. The lowest BCUT2D eigenvalue weighted by atomic mass is 9.59. The van der Waals surface area contributed by atoms with Crippen LogP contribution in [0.25, 0.3) is 11.0 Å². The van der Waals surface area contributed by atoms with Crippen LogP contribution < -0.4 is 19.7 Å². The summed E-state index contributed by atoms with van der Waals surface area (Å²) in [7, 11) is -4.67. The maximum absolute atomic E-state index is 13.9. The number of carbonyl (C=O) groups is 1. The second-order valence-electron chi connectivity index (χ2n) is 19.1. The van der Waals surface area contributed by atoms with E-state index in [9.17, 15) is 28.4 Å². The van der Waals surface area contributed by atoms with Crippen LogP contribution in [0.2, 0.25) is 0 Å². The van der Waals surface area contributed by atoms with Crippen LogP contribution in [0.1, 0.15) is 118 Å². The molecule has 64 heavy (non-hydrogen) atoms. The second-order valence-corrected chi connectivity index (χ2v) is 20.8. The van der Waals surface area contributed by atoms with Crippen molar-refractivity contribution in [1.29, 1.82) is 0 Å². The number of nitro groups is 1. The van der Waals surface area contributed by atoms with Crippen molar-refractivity contribution in [3.63, 3.8) is 0 Å². The number of fused-ring (bicyclic) bond motifs is 1. The van der Waals surface area contributed by atoms with Crippen LogP contribution in [0, 0.1) is 21.4 Å². The fourth-order valence-corrected chi connectivity index (χ4v) is 11.6. The number of hydrogen-bond donors (Lipinski definition) is 4. The summed E-state index contributed by atoms with van der Waals surface area (Å²) in [4.78, 5) is 41.7. The van der Waals surface area contributed by atoms with Crippen molar-refractivity contribution < 1.29 is 28.0 Å². The van der Waals surface area contributed by atoms with Gasteiger partial charge >= 0.3 is 15.8 Å². The van der Waals surface area contributed by atoms with Crippen LogP contribution in [0.5, 0.6) is 11.5 Å². The predicted octanol–water partition coefficient (Wildman–Crippen LogP) is 8.84. The van der Waals surface area contributed by atoms with E-state index >= 15 is 0 Å². The highest BCUT2D eigenvalue weighted by Gasteiger charge is 2.50. The lowest BCUT2D eigenvalue weighted by Gasteiger charge is -2.56. The van der Waals surface area contributed by atoms with E-state index in [2.05, 4.69) is 72.9 Å². The number of nitrogens with one attached hydrogen (secondary N) is 3. The molecule has 2 aliphatic heterocycles. The van der Waals surface area contributed by atoms with Crippen LogP contribution in [0.4, 0.5) is 17.2 Å². The zero-order chi connectivity index (χ0) is 44.8. The Kier molecular flexibility index (Phi) is 11.9. The highest BCUT2D eigenvalue weighted by atomic mass is 32.2. The number of benzene rings is 2. The van der Waals surface area contributed by atoms with E-state index < -0.39 is 37.3 Å². The van der Waals surface area contributed by atoms with E-state index in [1.165, 1.54) is 49.1 Å². The maximum atomic E-state index is 13.9. The Labute approximate surface area is 374 Å². The van der Waals surface area contributed by atoms with Gasteiger partial charge < -0.3 is 35.2 Å².